The second-order valence-corrected chi connectivity index (χ2v) is 10.8. The fourth-order valence-electron chi connectivity index (χ4n) is 4.39. The number of allylic oxidation sites excluding steroid dienone is 1. The highest BCUT2D eigenvalue weighted by Gasteiger charge is 2.33. The highest BCUT2D eigenvalue weighted by atomic mass is 35.5. The summed E-state index contributed by atoms with van der Waals surface area (Å²) in [6.45, 7) is 3.86. The number of halogens is 3. The lowest BCUT2D eigenvalue weighted by Gasteiger charge is -2.24. The minimum absolute atomic E-state index is 0.166. The molecule has 3 aromatic carbocycles. The average molecular weight is 597 g/mol. The molecule has 2 heterocycles. The largest absolute Gasteiger partial charge is 0.489 e. The van der Waals surface area contributed by atoms with Gasteiger partial charge >= 0.3 is 5.97 Å². The summed E-state index contributed by atoms with van der Waals surface area (Å²) in [5.74, 6) is -0.382. The predicted octanol–water partition coefficient (Wildman–Crippen LogP) is 5.82. The summed E-state index contributed by atoms with van der Waals surface area (Å²) < 4.78 is 26.8. The van der Waals surface area contributed by atoms with Gasteiger partial charge in [0.1, 0.15) is 18.2 Å². The van der Waals surface area contributed by atoms with E-state index in [9.17, 15) is 14.0 Å². The molecule has 1 aliphatic heterocycles. The summed E-state index contributed by atoms with van der Waals surface area (Å²) in [4.78, 5) is 31.7. The number of hydrogen-bond donors (Lipinski definition) is 0. The Bertz CT molecular complexity index is 1810. The van der Waals surface area contributed by atoms with Crippen LogP contribution < -0.4 is 19.6 Å². The van der Waals surface area contributed by atoms with E-state index in [1.165, 1.54) is 28.0 Å². The van der Waals surface area contributed by atoms with Gasteiger partial charge in [-0.05, 0) is 73.0 Å². The Morgan fingerprint density at radius 1 is 1.10 bits per heavy atom. The van der Waals surface area contributed by atoms with Crippen LogP contribution in [0, 0.1) is 5.82 Å². The maximum Gasteiger partial charge on any atom is 0.338 e. The predicted molar refractivity (Wildman–Crippen MR) is 154 cm³/mol. The molecule has 0 aliphatic carbocycles. The fourth-order valence-corrected chi connectivity index (χ4v) is 5.76. The van der Waals surface area contributed by atoms with Crippen molar-refractivity contribution in [1.29, 1.82) is 0 Å². The Hall–Kier alpha value is -3.72. The van der Waals surface area contributed by atoms with Gasteiger partial charge in [0.05, 0.1) is 38.5 Å². The summed E-state index contributed by atoms with van der Waals surface area (Å²) in [5.41, 5.74) is 2.54. The van der Waals surface area contributed by atoms with Crippen LogP contribution in [0.25, 0.3) is 6.08 Å². The summed E-state index contributed by atoms with van der Waals surface area (Å²) in [6.07, 6.45) is 1.75. The van der Waals surface area contributed by atoms with Gasteiger partial charge in [0.15, 0.2) is 4.80 Å². The van der Waals surface area contributed by atoms with Crippen LogP contribution >= 0.6 is 34.5 Å². The molecular formula is C30H23Cl2FN2O4S. The average Bonchev–Trinajstić information content (AvgIpc) is 3.23. The number of benzene rings is 3. The van der Waals surface area contributed by atoms with Crippen LogP contribution in [0.3, 0.4) is 0 Å². The molecule has 40 heavy (non-hydrogen) atoms. The number of aromatic nitrogens is 1. The zero-order chi connectivity index (χ0) is 28.4. The van der Waals surface area contributed by atoms with Crippen LogP contribution in [-0.2, 0) is 16.1 Å². The number of carbonyl (C=O) groups excluding carboxylic acids is 1. The number of thiazole rings is 1. The van der Waals surface area contributed by atoms with E-state index >= 15 is 0 Å². The maximum absolute atomic E-state index is 13.7. The first-order valence-electron chi connectivity index (χ1n) is 12.4. The van der Waals surface area contributed by atoms with Crippen LogP contribution in [0.5, 0.6) is 5.75 Å². The second-order valence-electron chi connectivity index (χ2n) is 8.96. The molecule has 6 nitrogen and oxygen atoms in total. The van der Waals surface area contributed by atoms with E-state index in [-0.39, 0.29) is 24.3 Å². The van der Waals surface area contributed by atoms with Gasteiger partial charge in [-0.2, -0.15) is 0 Å². The molecule has 1 atom stereocenters. The van der Waals surface area contributed by atoms with Gasteiger partial charge < -0.3 is 9.47 Å². The van der Waals surface area contributed by atoms with Crippen LogP contribution in [0.1, 0.15) is 36.6 Å². The summed E-state index contributed by atoms with van der Waals surface area (Å²) in [5, 5.41) is 0.923. The van der Waals surface area contributed by atoms with E-state index < -0.39 is 17.8 Å². The molecule has 0 unspecified atom stereocenters. The van der Waals surface area contributed by atoms with Crippen molar-refractivity contribution in [3.05, 3.63) is 130 Å². The molecule has 204 valence electrons. The van der Waals surface area contributed by atoms with Crippen LogP contribution in [0.15, 0.2) is 87.8 Å². The quantitative estimate of drug-likeness (QED) is 0.252. The van der Waals surface area contributed by atoms with Gasteiger partial charge in [0, 0.05) is 0 Å². The Balaban J connectivity index is 1.52. The number of carbonyl (C=O) groups is 1. The minimum Gasteiger partial charge on any atom is -0.489 e. The lowest BCUT2D eigenvalue weighted by atomic mass is 9.96. The van der Waals surface area contributed by atoms with Crippen LogP contribution in [-0.4, -0.2) is 17.1 Å². The Labute approximate surface area is 243 Å². The number of fused-ring (bicyclic) bond motifs is 1. The molecule has 1 aliphatic rings. The normalized spacial score (nSPS) is 15.0. The van der Waals surface area contributed by atoms with E-state index in [0.717, 1.165) is 11.1 Å². The molecule has 0 fully saturated rings. The molecule has 4 aromatic rings. The standard InChI is InChI=1S/C30H23Cl2FN2O4S/c1-3-38-29(37)26-17(2)34-30-35(27(26)20-8-10-21(33)11-9-20)28(36)25(40-30)15-18-5-4-6-22(13-18)39-16-19-7-12-23(31)24(32)14-19/h4-15,27H,3,16H2,1-2H3/b25-15+/t27-/m0/s1. The summed E-state index contributed by atoms with van der Waals surface area (Å²) >= 11 is 13.3. The fraction of sp³-hybridized carbons (Fsp3) is 0.167. The smallest absolute Gasteiger partial charge is 0.338 e. The highest BCUT2D eigenvalue weighted by Crippen LogP contribution is 2.31. The van der Waals surface area contributed by atoms with Gasteiger partial charge in [-0.15, -0.1) is 0 Å². The molecule has 5 rings (SSSR count). The molecule has 10 heteroatoms. The number of hydrogen-bond acceptors (Lipinski definition) is 6. The topological polar surface area (TPSA) is 69.9 Å². The van der Waals surface area contributed by atoms with E-state index in [4.69, 9.17) is 32.7 Å². The van der Waals surface area contributed by atoms with Crippen molar-refractivity contribution in [3.8, 4) is 5.75 Å². The molecule has 0 amide bonds. The van der Waals surface area contributed by atoms with Gasteiger partial charge in [-0.1, -0.05) is 64.9 Å². The maximum atomic E-state index is 13.7. The first-order chi connectivity index (χ1) is 19.2. The lowest BCUT2D eigenvalue weighted by molar-refractivity contribution is -0.139. The van der Waals surface area contributed by atoms with Crippen molar-refractivity contribution < 1.29 is 18.7 Å². The van der Waals surface area contributed by atoms with Crippen molar-refractivity contribution in [1.82, 2.24) is 4.57 Å². The third-order valence-corrected chi connectivity index (χ3v) is 7.97. The van der Waals surface area contributed by atoms with Gasteiger partial charge in [-0.3, -0.25) is 9.36 Å². The van der Waals surface area contributed by atoms with Gasteiger partial charge in [0.2, 0.25) is 0 Å². The molecule has 1 aromatic heterocycles. The first kappa shape index (κ1) is 27.8. The van der Waals surface area contributed by atoms with Crippen molar-refractivity contribution in [2.45, 2.75) is 26.5 Å². The number of ether oxygens (including phenoxy) is 2. The van der Waals surface area contributed by atoms with Gasteiger partial charge in [0.25, 0.3) is 5.56 Å². The van der Waals surface area contributed by atoms with Crippen molar-refractivity contribution in [2.24, 2.45) is 4.99 Å². The lowest BCUT2D eigenvalue weighted by Crippen LogP contribution is -2.39. The zero-order valence-corrected chi connectivity index (χ0v) is 23.8. The molecule has 0 saturated carbocycles. The highest BCUT2D eigenvalue weighted by molar-refractivity contribution is 7.07. The number of rotatable bonds is 7. The molecule has 0 saturated heterocycles. The third-order valence-electron chi connectivity index (χ3n) is 6.25. The number of nitrogens with zero attached hydrogens (tertiary/aromatic N) is 2. The van der Waals surface area contributed by atoms with E-state index in [2.05, 4.69) is 4.99 Å². The SMILES string of the molecule is CCOC(=O)C1=C(C)N=c2s/c(=C/c3cccc(OCc4ccc(Cl)c(Cl)c4)c3)c(=O)n2[C@H]1c1ccc(F)cc1. The van der Waals surface area contributed by atoms with Crippen molar-refractivity contribution >= 4 is 46.6 Å². The molecule has 0 radical (unpaired) electrons. The van der Waals surface area contributed by atoms with Crippen molar-refractivity contribution in [2.75, 3.05) is 6.61 Å². The minimum atomic E-state index is -0.807. The van der Waals surface area contributed by atoms with E-state index in [0.29, 0.717) is 36.4 Å². The first-order valence-corrected chi connectivity index (χ1v) is 13.9. The van der Waals surface area contributed by atoms with E-state index in [1.807, 2.05) is 30.3 Å². The Morgan fingerprint density at radius 2 is 1.88 bits per heavy atom. The third kappa shape index (κ3) is 5.75. The Morgan fingerprint density at radius 3 is 2.60 bits per heavy atom. The summed E-state index contributed by atoms with van der Waals surface area (Å²) in [7, 11) is 0. The summed E-state index contributed by atoms with van der Waals surface area (Å²) in [6, 6.07) is 17.5. The molecular weight excluding hydrogens is 574 g/mol. The second kappa shape index (κ2) is 11.8. The van der Waals surface area contributed by atoms with Crippen LogP contribution in [0.4, 0.5) is 4.39 Å². The van der Waals surface area contributed by atoms with Crippen LogP contribution in [0.2, 0.25) is 10.0 Å². The monoisotopic (exact) mass is 596 g/mol. The van der Waals surface area contributed by atoms with Gasteiger partial charge in [-0.25, -0.2) is 14.2 Å². The van der Waals surface area contributed by atoms with Crippen molar-refractivity contribution in [3.63, 3.8) is 0 Å². The molecule has 0 bridgehead atoms. The molecule has 0 spiro atoms. The van der Waals surface area contributed by atoms with E-state index in [1.54, 1.807) is 44.2 Å². The zero-order valence-electron chi connectivity index (χ0n) is 21.5. The number of esters is 1. The Kier molecular flexibility index (Phi) is 8.21. The molecule has 0 N–H and O–H groups in total.